The zero-order valence-corrected chi connectivity index (χ0v) is 16.3. The number of imidazole rings is 1. The number of amides is 2. The average Bonchev–Trinajstić information content (AvgIpc) is 3.36. The second-order valence-corrected chi connectivity index (χ2v) is 7.30. The van der Waals surface area contributed by atoms with Gasteiger partial charge in [0.25, 0.3) is 11.8 Å². The van der Waals surface area contributed by atoms with Crippen molar-refractivity contribution in [1.29, 1.82) is 0 Å². The third-order valence-electron chi connectivity index (χ3n) is 4.43. The fourth-order valence-electron chi connectivity index (χ4n) is 3.05. The number of para-hydroxylation sites is 2. The average molecular weight is 408 g/mol. The van der Waals surface area contributed by atoms with E-state index in [0.717, 1.165) is 28.3 Å². The van der Waals surface area contributed by atoms with E-state index < -0.39 is 17.6 Å². The van der Waals surface area contributed by atoms with Crippen LogP contribution in [0.2, 0.25) is 0 Å². The predicted octanol–water partition coefficient (Wildman–Crippen LogP) is 4.00. The van der Waals surface area contributed by atoms with E-state index in [1.807, 2.05) is 37.3 Å². The van der Waals surface area contributed by atoms with Crippen LogP contribution in [0.5, 0.6) is 0 Å². The number of hydrazine groups is 1. The Morgan fingerprint density at radius 1 is 1.00 bits per heavy atom. The van der Waals surface area contributed by atoms with Crippen molar-refractivity contribution in [2.75, 3.05) is 0 Å². The Labute approximate surface area is 170 Å². The molecule has 0 atom stereocenters. The molecule has 0 aliphatic carbocycles. The molecule has 0 fully saturated rings. The Morgan fingerprint density at radius 2 is 1.72 bits per heavy atom. The van der Waals surface area contributed by atoms with Crippen LogP contribution < -0.4 is 10.9 Å². The molecule has 0 unspecified atom stereocenters. The minimum atomic E-state index is -0.721. The summed E-state index contributed by atoms with van der Waals surface area (Å²) in [7, 11) is 0. The summed E-state index contributed by atoms with van der Waals surface area (Å²) in [5.41, 5.74) is 6.34. The Kier molecular flexibility index (Phi) is 5.09. The maximum absolute atomic E-state index is 13.7. The summed E-state index contributed by atoms with van der Waals surface area (Å²) in [6.07, 6.45) is 0. The minimum Gasteiger partial charge on any atom is -0.324 e. The summed E-state index contributed by atoms with van der Waals surface area (Å²) in [5, 5.41) is 0. The van der Waals surface area contributed by atoms with Crippen molar-refractivity contribution in [2.45, 2.75) is 13.5 Å². The van der Waals surface area contributed by atoms with Gasteiger partial charge in [0, 0.05) is 6.54 Å². The highest BCUT2D eigenvalue weighted by Crippen LogP contribution is 2.30. The van der Waals surface area contributed by atoms with Crippen molar-refractivity contribution < 1.29 is 14.0 Å². The van der Waals surface area contributed by atoms with Crippen LogP contribution in [0, 0.1) is 5.82 Å². The Hall–Kier alpha value is -3.52. The molecule has 2 amide bonds. The molecule has 0 spiro atoms. The van der Waals surface area contributed by atoms with Gasteiger partial charge in [-0.1, -0.05) is 24.3 Å². The third kappa shape index (κ3) is 3.62. The van der Waals surface area contributed by atoms with E-state index in [0.29, 0.717) is 4.88 Å². The number of rotatable bonds is 4. The molecule has 6 nitrogen and oxygen atoms in total. The van der Waals surface area contributed by atoms with Crippen LogP contribution in [0.15, 0.2) is 60.7 Å². The summed E-state index contributed by atoms with van der Waals surface area (Å²) >= 11 is 1.27. The van der Waals surface area contributed by atoms with Gasteiger partial charge in [0.15, 0.2) is 5.82 Å². The number of nitrogens with zero attached hydrogens (tertiary/aromatic N) is 2. The molecule has 2 N–H and O–H groups in total. The normalized spacial score (nSPS) is 10.8. The molecule has 0 saturated carbocycles. The van der Waals surface area contributed by atoms with Crippen LogP contribution in [-0.2, 0) is 6.54 Å². The first kappa shape index (κ1) is 18.8. The highest BCUT2D eigenvalue weighted by Gasteiger charge is 2.17. The van der Waals surface area contributed by atoms with Crippen molar-refractivity contribution >= 4 is 34.2 Å². The Bertz CT molecular complexity index is 1210. The van der Waals surface area contributed by atoms with E-state index in [2.05, 4.69) is 20.4 Å². The number of halogens is 1. The molecule has 0 aliphatic rings. The van der Waals surface area contributed by atoms with Crippen molar-refractivity contribution in [3.05, 3.63) is 76.9 Å². The van der Waals surface area contributed by atoms with Gasteiger partial charge in [0.2, 0.25) is 0 Å². The maximum atomic E-state index is 13.7. The van der Waals surface area contributed by atoms with Crippen LogP contribution in [0.3, 0.4) is 0 Å². The van der Waals surface area contributed by atoms with Crippen molar-refractivity contribution in [3.8, 4) is 10.7 Å². The number of benzene rings is 2. The number of aryl methyl sites for hydroxylation is 1. The number of hydrogen-bond donors (Lipinski definition) is 2. The van der Waals surface area contributed by atoms with Crippen molar-refractivity contribution in [3.63, 3.8) is 0 Å². The SMILES string of the molecule is CCn1c(-c2ccc(C(=O)NNC(=O)c3ccccc3F)s2)nc2ccccc21. The fraction of sp³-hybridized carbons (Fsp3) is 0.0952. The molecule has 29 heavy (non-hydrogen) atoms. The van der Waals surface area contributed by atoms with Crippen LogP contribution in [0.1, 0.15) is 27.0 Å². The third-order valence-corrected chi connectivity index (χ3v) is 5.51. The lowest BCUT2D eigenvalue weighted by Gasteiger charge is -2.07. The Balaban J connectivity index is 1.51. The van der Waals surface area contributed by atoms with Crippen LogP contribution in [-0.4, -0.2) is 21.4 Å². The van der Waals surface area contributed by atoms with Crippen molar-refractivity contribution in [1.82, 2.24) is 20.4 Å². The van der Waals surface area contributed by atoms with Gasteiger partial charge in [-0.15, -0.1) is 11.3 Å². The lowest BCUT2D eigenvalue weighted by atomic mass is 10.2. The maximum Gasteiger partial charge on any atom is 0.279 e. The topological polar surface area (TPSA) is 76.0 Å². The number of fused-ring (bicyclic) bond motifs is 1. The van der Waals surface area contributed by atoms with E-state index in [1.165, 1.54) is 29.5 Å². The van der Waals surface area contributed by atoms with Crippen molar-refractivity contribution in [2.24, 2.45) is 0 Å². The molecule has 4 rings (SSSR count). The number of thiophene rings is 1. The van der Waals surface area contributed by atoms with Gasteiger partial charge >= 0.3 is 0 Å². The first-order valence-electron chi connectivity index (χ1n) is 8.99. The predicted molar refractivity (Wildman–Crippen MR) is 110 cm³/mol. The quantitative estimate of drug-likeness (QED) is 0.501. The largest absolute Gasteiger partial charge is 0.324 e. The first-order valence-corrected chi connectivity index (χ1v) is 9.81. The molecule has 0 bridgehead atoms. The smallest absolute Gasteiger partial charge is 0.279 e. The number of carbonyl (C=O) groups is 2. The number of nitrogens with one attached hydrogen (secondary N) is 2. The number of hydrogen-bond acceptors (Lipinski definition) is 4. The summed E-state index contributed by atoms with van der Waals surface area (Å²) in [6.45, 7) is 2.78. The van der Waals surface area contributed by atoms with Gasteiger partial charge in [-0.25, -0.2) is 9.37 Å². The van der Waals surface area contributed by atoms with Gasteiger partial charge < -0.3 is 4.57 Å². The van der Waals surface area contributed by atoms with E-state index in [9.17, 15) is 14.0 Å². The minimum absolute atomic E-state index is 0.142. The summed E-state index contributed by atoms with van der Waals surface area (Å²) in [5.74, 6) is -1.07. The highest BCUT2D eigenvalue weighted by molar-refractivity contribution is 7.17. The molecule has 0 saturated heterocycles. The lowest BCUT2D eigenvalue weighted by molar-refractivity contribution is 0.0846. The Morgan fingerprint density at radius 3 is 2.52 bits per heavy atom. The monoisotopic (exact) mass is 408 g/mol. The first-order chi connectivity index (χ1) is 14.1. The zero-order chi connectivity index (χ0) is 20.4. The van der Waals surface area contributed by atoms with E-state index in [4.69, 9.17) is 0 Å². The van der Waals surface area contributed by atoms with Gasteiger partial charge in [0.05, 0.1) is 26.4 Å². The molecular formula is C21H17FN4O2S. The zero-order valence-electron chi connectivity index (χ0n) is 15.5. The highest BCUT2D eigenvalue weighted by atomic mass is 32.1. The van der Waals surface area contributed by atoms with Crippen LogP contribution in [0.25, 0.3) is 21.7 Å². The number of carbonyl (C=O) groups excluding carboxylic acids is 2. The number of aromatic nitrogens is 2. The van der Waals surface area contributed by atoms with Gasteiger partial charge in [0.1, 0.15) is 5.82 Å². The van der Waals surface area contributed by atoms with Crippen LogP contribution in [0.4, 0.5) is 4.39 Å². The molecule has 2 aromatic carbocycles. The summed E-state index contributed by atoms with van der Waals surface area (Å²) in [6, 6.07) is 16.9. The van der Waals surface area contributed by atoms with Gasteiger partial charge in [-0.2, -0.15) is 0 Å². The molecule has 4 aromatic rings. The van der Waals surface area contributed by atoms with Gasteiger partial charge in [-0.05, 0) is 43.3 Å². The van der Waals surface area contributed by atoms with E-state index >= 15 is 0 Å². The molecule has 0 radical (unpaired) electrons. The molecule has 2 aromatic heterocycles. The fourth-order valence-corrected chi connectivity index (χ4v) is 3.95. The van der Waals surface area contributed by atoms with Crippen LogP contribution >= 0.6 is 11.3 Å². The summed E-state index contributed by atoms with van der Waals surface area (Å²) < 4.78 is 15.7. The molecular weight excluding hydrogens is 391 g/mol. The second kappa shape index (κ2) is 7.84. The lowest BCUT2D eigenvalue weighted by Crippen LogP contribution is -2.41. The molecule has 8 heteroatoms. The van der Waals surface area contributed by atoms with E-state index in [1.54, 1.807) is 12.1 Å². The van der Waals surface area contributed by atoms with E-state index in [-0.39, 0.29) is 5.56 Å². The summed E-state index contributed by atoms with van der Waals surface area (Å²) in [4.78, 5) is 30.4. The van der Waals surface area contributed by atoms with Gasteiger partial charge in [-0.3, -0.25) is 20.4 Å². The second-order valence-electron chi connectivity index (χ2n) is 6.22. The standard InChI is InChI=1S/C21H17FN4O2S/c1-2-26-16-10-6-5-9-15(16)23-19(26)17-11-12-18(29-17)21(28)25-24-20(27)13-7-3-4-8-14(13)22/h3-12H,2H2,1H3,(H,24,27)(H,25,28). The molecule has 2 heterocycles. The molecule has 0 aliphatic heterocycles. The molecule has 146 valence electrons.